The Morgan fingerprint density at radius 3 is 2.25 bits per heavy atom. The molecule has 0 aliphatic carbocycles. The molecule has 0 aromatic heterocycles. The molecule has 0 unspecified atom stereocenters. The van der Waals surface area contributed by atoms with Gasteiger partial charge in [-0.15, -0.1) is 0 Å². The van der Waals surface area contributed by atoms with Gasteiger partial charge < -0.3 is 14.5 Å². The van der Waals surface area contributed by atoms with Crippen molar-refractivity contribution in [3.63, 3.8) is 0 Å². The van der Waals surface area contributed by atoms with Gasteiger partial charge in [-0.05, 0) is 55.3 Å². The lowest BCUT2D eigenvalue weighted by Gasteiger charge is -2.34. The van der Waals surface area contributed by atoms with Gasteiger partial charge in [-0.1, -0.05) is 38.1 Å². The van der Waals surface area contributed by atoms with E-state index in [0.717, 1.165) is 30.0 Å². The second kappa shape index (κ2) is 9.17. The Labute approximate surface area is 190 Å². The number of rotatable bonds is 6. The van der Waals surface area contributed by atoms with E-state index in [2.05, 4.69) is 30.7 Å². The number of carbonyl (C=O) groups excluding carboxylic acids is 2. The molecule has 1 fully saturated rings. The Balaban J connectivity index is 1.72. The van der Waals surface area contributed by atoms with Crippen LogP contribution in [0.15, 0.2) is 54.2 Å². The van der Waals surface area contributed by atoms with Gasteiger partial charge in [0.05, 0.1) is 17.9 Å². The highest BCUT2D eigenvalue weighted by molar-refractivity contribution is 6.45. The molecule has 2 amide bonds. The summed E-state index contributed by atoms with van der Waals surface area (Å²) in [6, 6.07) is 15.0. The SMILES string of the molecule is Cc1cccc(N2C(=O)C(c3ccc(OCC(C)C)cc3)=C(N3CCN(C)CC3)C2=O)c1. The van der Waals surface area contributed by atoms with Gasteiger partial charge in [-0.25, -0.2) is 4.90 Å². The molecule has 4 rings (SSSR count). The van der Waals surface area contributed by atoms with Crippen molar-refractivity contribution in [1.82, 2.24) is 9.80 Å². The van der Waals surface area contributed by atoms with Crippen LogP contribution < -0.4 is 9.64 Å². The second-order valence-electron chi connectivity index (χ2n) is 9.03. The Kier molecular flexibility index (Phi) is 6.33. The van der Waals surface area contributed by atoms with E-state index < -0.39 is 0 Å². The average Bonchev–Trinajstić information content (AvgIpc) is 3.03. The zero-order valence-corrected chi connectivity index (χ0v) is 19.3. The topological polar surface area (TPSA) is 53.1 Å². The minimum atomic E-state index is -0.273. The highest BCUT2D eigenvalue weighted by atomic mass is 16.5. The van der Waals surface area contributed by atoms with E-state index >= 15 is 0 Å². The Hall–Kier alpha value is -3.12. The number of nitrogens with zero attached hydrogens (tertiary/aromatic N) is 3. The predicted molar refractivity (Wildman–Crippen MR) is 126 cm³/mol. The first-order valence-corrected chi connectivity index (χ1v) is 11.2. The summed E-state index contributed by atoms with van der Waals surface area (Å²) in [4.78, 5) is 32.8. The summed E-state index contributed by atoms with van der Waals surface area (Å²) in [5, 5.41) is 0. The number of piperazine rings is 1. The van der Waals surface area contributed by atoms with Crippen LogP contribution in [0.25, 0.3) is 5.57 Å². The number of anilines is 1. The van der Waals surface area contributed by atoms with Crippen LogP contribution >= 0.6 is 0 Å². The monoisotopic (exact) mass is 433 g/mol. The molecule has 2 aromatic rings. The first-order valence-electron chi connectivity index (χ1n) is 11.2. The van der Waals surface area contributed by atoms with Crippen LogP contribution in [0.1, 0.15) is 25.0 Å². The largest absolute Gasteiger partial charge is 0.493 e. The number of hydrogen-bond acceptors (Lipinski definition) is 5. The third-order valence-corrected chi connectivity index (χ3v) is 5.87. The van der Waals surface area contributed by atoms with E-state index in [-0.39, 0.29) is 11.8 Å². The van der Waals surface area contributed by atoms with Crippen molar-refractivity contribution >= 4 is 23.1 Å². The van der Waals surface area contributed by atoms with Crippen molar-refractivity contribution < 1.29 is 14.3 Å². The zero-order valence-electron chi connectivity index (χ0n) is 19.3. The lowest BCUT2D eigenvalue weighted by molar-refractivity contribution is -0.120. The summed E-state index contributed by atoms with van der Waals surface area (Å²) in [5.41, 5.74) is 3.32. The zero-order chi connectivity index (χ0) is 22.8. The molecule has 0 radical (unpaired) electrons. The molecule has 6 nitrogen and oxygen atoms in total. The van der Waals surface area contributed by atoms with Gasteiger partial charge in [0.25, 0.3) is 11.8 Å². The van der Waals surface area contributed by atoms with E-state index in [1.165, 1.54) is 4.90 Å². The number of aryl methyl sites for hydroxylation is 1. The smallest absolute Gasteiger partial charge is 0.282 e. The first kappa shape index (κ1) is 22.1. The summed E-state index contributed by atoms with van der Waals surface area (Å²) < 4.78 is 5.80. The molecule has 0 N–H and O–H groups in total. The molecular weight excluding hydrogens is 402 g/mol. The van der Waals surface area contributed by atoms with E-state index in [9.17, 15) is 9.59 Å². The van der Waals surface area contributed by atoms with Gasteiger partial charge in [-0.3, -0.25) is 9.59 Å². The Morgan fingerprint density at radius 1 is 0.938 bits per heavy atom. The van der Waals surface area contributed by atoms with Crippen LogP contribution in [-0.4, -0.2) is 61.4 Å². The van der Waals surface area contributed by atoms with E-state index in [1.807, 2.05) is 55.5 Å². The molecule has 6 heteroatoms. The normalized spacial score (nSPS) is 17.7. The first-order chi connectivity index (χ1) is 15.3. The fourth-order valence-corrected chi connectivity index (χ4v) is 4.08. The van der Waals surface area contributed by atoms with Crippen LogP contribution in [0.5, 0.6) is 5.75 Å². The van der Waals surface area contributed by atoms with Crippen LogP contribution in [0.3, 0.4) is 0 Å². The van der Waals surface area contributed by atoms with Crippen LogP contribution in [-0.2, 0) is 9.59 Å². The maximum Gasteiger partial charge on any atom is 0.282 e. The number of amides is 2. The predicted octanol–water partition coefficient (Wildman–Crippen LogP) is 3.56. The van der Waals surface area contributed by atoms with Crippen molar-refractivity contribution in [2.45, 2.75) is 20.8 Å². The molecular formula is C26H31N3O3. The molecule has 2 aliphatic rings. The van der Waals surface area contributed by atoms with Gasteiger partial charge in [0.2, 0.25) is 0 Å². The van der Waals surface area contributed by atoms with Crippen molar-refractivity contribution in [3.8, 4) is 5.75 Å². The number of hydrogen-bond donors (Lipinski definition) is 0. The maximum atomic E-state index is 13.6. The van der Waals surface area contributed by atoms with Gasteiger partial charge in [-0.2, -0.15) is 0 Å². The molecule has 32 heavy (non-hydrogen) atoms. The fraction of sp³-hybridized carbons (Fsp3) is 0.385. The van der Waals surface area contributed by atoms with Crippen LogP contribution in [0.2, 0.25) is 0 Å². The van der Waals surface area contributed by atoms with Crippen molar-refractivity contribution in [3.05, 3.63) is 65.4 Å². The summed E-state index contributed by atoms with van der Waals surface area (Å²) in [6.45, 7) is 9.92. The minimum Gasteiger partial charge on any atom is -0.493 e. The third-order valence-electron chi connectivity index (χ3n) is 5.87. The molecule has 0 saturated carbocycles. The van der Waals surface area contributed by atoms with Crippen molar-refractivity contribution in [1.29, 1.82) is 0 Å². The van der Waals surface area contributed by atoms with E-state index in [1.54, 1.807) is 0 Å². The molecule has 0 atom stereocenters. The maximum absolute atomic E-state index is 13.6. The van der Waals surface area contributed by atoms with Crippen molar-refractivity contribution in [2.75, 3.05) is 44.7 Å². The quantitative estimate of drug-likeness (QED) is 0.652. The number of carbonyl (C=O) groups is 2. The fourth-order valence-electron chi connectivity index (χ4n) is 4.08. The Morgan fingerprint density at radius 2 is 1.62 bits per heavy atom. The molecule has 2 heterocycles. The highest BCUT2D eigenvalue weighted by Gasteiger charge is 2.42. The molecule has 2 aromatic carbocycles. The second-order valence-corrected chi connectivity index (χ2v) is 9.03. The molecule has 168 valence electrons. The van der Waals surface area contributed by atoms with Gasteiger partial charge in [0.15, 0.2) is 0 Å². The molecule has 0 spiro atoms. The van der Waals surface area contributed by atoms with Crippen LogP contribution in [0, 0.1) is 12.8 Å². The minimum absolute atomic E-state index is 0.250. The average molecular weight is 434 g/mol. The van der Waals surface area contributed by atoms with Gasteiger partial charge in [0, 0.05) is 26.2 Å². The highest BCUT2D eigenvalue weighted by Crippen LogP contribution is 2.36. The molecule has 2 aliphatic heterocycles. The summed E-state index contributed by atoms with van der Waals surface area (Å²) in [7, 11) is 2.07. The lowest BCUT2D eigenvalue weighted by atomic mass is 10.0. The standard InChI is InChI=1S/C26H31N3O3/c1-18(2)17-32-22-10-8-20(9-11-22)23-24(28-14-12-27(4)13-15-28)26(31)29(25(23)30)21-7-5-6-19(3)16-21/h5-11,16,18H,12-15,17H2,1-4H3. The number of likely N-dealkylation sites (N-methyl/N-ethyl adjacent to an activating group) is 1. The van der Waals surface area contributed by atoms with Crippen LogP contribution in [0.4, 0.5) is 5.69 Å². The summed E-state index contributed by atoms with van der Waals surface area (Å²) in [5.74, 6) is 0.667. The number of ether oxygens (including phenoxy) is 1. The third kappa shape index (κ3) is 4.41. The number of benzene rings is 2. The number of imide groups is 1. The summed E-state index contributed by atoms with van der Waals surface area (Å²) in [6.07, 6.45) is 0. The summed E-state index contributed by atoms with van der Waals surface area (Å²) >= 11 is 0. The Bertz CT molecular complexity index is 1030. The van der Waals surface area contributed by atoms with Gasteiger partial charge >= 0.3 is 0 Å². The molecule has 0 bridgehead atoms. The lowest BCUT2D eigenvalue weighted by Crippen LogP contribution is -2.46. The van der Waals surface area contributed by atoms with E-state index in [0.29, 0.717) is 42.6 Å². The van der Waals surface area contributed by atoms with Gasteiger partial charge in [0.1, 0.15) is 11.4 Å². The molecule has 1 saturated heterocycles. The van der Waals surface area contributed by atoms with E-state index in [4.69, 9.17) is 4.74 Å². The van der Waals surface area contributed by atoms with Crippen molar-refractivity contribution in [2.24, 2.45) is 5.92 Å².